The number of hydrogen-bond acceptors (Lipinski definition) is 5. The Balaban J connectivity index is 2.04. The van der Waals surface area contributed by atoms with Crippen molar-refractivity contribution < 1.29 is 8.42 Å². The first-order valence-electron chi connectivity index (χ1n) is 5.46. The molecule has 0 saturated heterocycles. The van der Waals surface area contributed by atoms with Crippen LogP contribution in [-0.4, -0.2) is 15.5 Å². The van der Waals surface area contributed by atoms with Gasteiger partial charge in [-0.05, 0) is 35.1 Å². The topological polar surface area (TPSA) is 58.2 Å². The van der Waals surface area contributed by atoms with Crippen LogP contribution < -0.4 is 10.0 Å². The predicted molar refractivity (Wildman–Crippen MR) is 83.1 cm³/mol. The van der Waals surface area contributed by atoms with E-state index < -0.39 is 10.0 Å². The van der Waals surface area contributed by atoms with Crippen molar-refractivity contribution in [3.8, 4) is 0 Å². The van der Waals surface area contributed by atoms with Crippen LogP contribution in [0.2, 0.25) is 0 Å². The van der Waals surface area contributed by atoms with Crippen molar-refractivity contribution in [3.05, 3.63) is 37.1 Å². The Kier molecular flexibility index (Phi) is 5.15. The highest BCUT2D eigenvalue weighted by Crippen LogP contribution is 2.22. The summed E-state index contributed by atoms with van der Waals surface area (Å²) in [5.74, 6) is 0. The zero-order chi connectivity index (χ0) is 13.9. The van der Waals surface area contributed by atoms with Crippen LogP contribution in [0, 0.1) is 0 Å². The maximum atomic E-state index is 12.1. The molecule has 0 saturated carbocycles. The van der Waals surface area contributed by atoms with E-state index in [1.807, 2.05) is 18.5 Å². The molecule has 0 spiro atoms. The Labute approximate surface area is 129 Å². The maximum Gasteiger partial charge on any atom is 0.241 e. The molecule has 0 aliphatic rings. The average Bonchev–Trinajstić information content (AvgIpc) is 2.97. The Morgan fingerprint density at radius 2 is 1.84 bits per heavy atom. The highest BCUT2D eigenvalue weighted by Gasteiger charge is 2.16. The smallest absolute Gasteiger partial charge is 0.241 e. The van der Waals surface area contributed by atoms with Gasteiger partial charge in [0.1, 0.15) is 0 Å². The van der Waals surface area contributed by atoms with Crippen molar-refractivity contribution in [3.63, 3.8) is 0 Å². The average molecular weight is 381 g/mol. The van der Waals surface area contributed by atoms with Gasteiger partial charge >= 0.3 is 0 Å². The third-order valence-corrected chi connectivity index (χ3v) is 6.51. The quantitative estimate of drug-likeness (QED) is 0.809. The molecule has 2 heterocycles. The second kappa shape index (κ2) is 6.47. The van der Waals surface area contributed by atoms with Gasteiger partial charge in [-0.25, -0.2) is 13.1 Å². The molecule has 2 aromatic heterocycles. The summed E-state index contributed by atoms with van der Waals surface area (Å²) in [7, 11) is -1.59. The third-order valence-electron chi connectivity index (χ3n) is 2.35. The third kappa shape index (κ3) is 4.11. The molecule has 8 heteroatoms. The first kappa shape index (κ1) is 15.1. The Bertz CT molecular complexity index is 648. The monoisotopic (exact) mass is 380 g/mol. The molecule has 19 heavy (non-hydrogen) atoms. The molecule has 0 aliphatic carbocycles. The SMILES string of the molecule is CNCc1cc(S(=O)(=O)NCc2cc(Br)cs2)cs1. The summed E-state index contributed by atoms with van der Waals surface area (Å²) < 4.78 is 27.8. The molecular formula is C11H13BrN2O2S3. The van der Waals surface area contributed by atoms with Gasteiger partial charge in [0.25, 0.3) is 0 Å². The van der Waals surface area contributed by atoms with Crippen LogP contribution in [0.1, 0.15) is 9.75 Å². The van der Waals surface area contributed by atoms with Crippen molar-refractivity contribution in [1.29, 1.82) is 0 Å². The van der Waals surface area contributed by atoms with E-state index in [9.17, 15) is 8.42 Å². The van der Waals surface area contributed by atoms with Crippen molar-refractivity contribution in [2.75, 3.05) is 7.05 Å². The van der Waals surface area contributed by atoms with Gasteiger partial charge in [0, 0.05) is 38.1 Å². The summed E-state index contributed by atoms with van der Waals surface area (Å²) in [5, 5.41) is 6.60. The molecule has 0 unspecified atom stereocenters. The molecule has 0 aromatic carbocycles. The van der Waals surface area contributed by atoms with Crippen LogP contribution in [0.5, 0.6) is 0 Å². The van der Waals surface area contributed by atoms with E-state index in [1.165, 1.54) is 22.7 Å². The van der Waals surface area contributed by atoms with Crippen molar-refractivity contribution in [2.24, 2.45) is 0 Å². The lowest BCUT2D eigenvalue weighted by atomic mass is 10.5. The van der Waals surface area contributed by atoms with E-state index in [0.717, 1.165) is 14.2 Å². The molecule has 0 radical (unpaired) electrons. The molecule has 104 valence electrons. The van der Waals surface area contributed by atoms with Crippen molar-refractivity contribution in [1.82, 2.24) is 10.0 Å². The first-order valence-corrected chi connectivity index (χ1v) is 9.49. The zero-order valence-corrected chi connectivity index (χ0v) is 14.2. The zero-order valence-electron chi connectivity index (χ0n) is 10.1. The van der Waals surface area contributed by atoms with Crippen molar-refractivity contribution >= 4 is 48.6 Å². The minimum absolute atomic E-state index is 0.315. The molecule has 4 nitrogen and oxygen atoms in total. The molecular weight excluding hydrogens is 368 g/mol. The summed E-state index contributed by atoms with van der Waals surface area (Å²) in [4.78, 5) is 2.31. The van der Waals surface area contributed by atoms with Crippen LogP contribution in [0.15, 0.2) is 32.3 Å². The van der Waals surface area contributed by atoms with E-state index in [0.29, 0.717) is 18.0 Å². The van der Waals surface area contributed by atoms with Gasteiger partial charge in [0.2, 0.25) is 10.0 Å². The van der Waals surface area contributed by atoms with Crippen LogP contribution in [-0.2, 0) is 23.1 Å². The van der Waals surface area contributed by atoms with Gasteiger partial charge in [-0.3, -0.25) is 0 Å². The first-order chi connectivity index (χ1) is 9.01. The number of thiophene rings is 2. The number of rotatable bonds is 6. The number of hydrogen-bond donors (Lipinski definition) is 2. The largest absolute Gasteiger partial charge is 0.315 e. The summed E-state index contributed by atoms with van der Waals surface area (Å²) in [6, 6.07) is 3.61. The number of halogens is 1. The van der Waals surface area contributed by atoms with E-state index >= 15 is 0 Å². The van der Waals surface area contributed by atoms with Gasteiger partial charge < -0.3 is 5.32 Å². The maximum absolute atomic E-state index is 12.1. The molecule has 2 aromatic rings. The highest BCUT2D eigenvalue weighted by molar-refractivity contribution is 9.10. The lowest BCUT2D eigenvalue weighted by Gasteiger charge is -2.02. The summed E-state index contributed by atoms with van der Waals surface area (Å²) >= 11 is 6.30. The van der Waals surface area contributed by atoms with E-state index in [1.54, 1.807) is 11.4 Å². The van der Waals surface area contributed by atoms with Gasteiger partial charge in [-0.2, -0.15) is 0 Å². The summed E-state index contributed by atoms with van der Waals surface area (Å²) in [6.45, 7) is 0.994. The molecule has 0 atom stereocenters. The van der Waals surface area contributed by atoms with Gasteiger partial charge in [-0.15, -0.1) is 22.7 Å². The fourth-order valence-corrected chi connectivity index (χ4v) is 5.24. The van der Waals surface area contributed by atoms with Gasteiger partial charge in [0.05, 0.1) is 4.90 Å². The van der Waals surface area contributed by atoms with E-state index in [2.05, 4.69) is 26.0 Å². The molecule has 2 N–H and O–H groups in total. The predicted octanol–water partition coefficient (Wildman–Crippen LogP) is 2.77. The number of sulfonamides is 1. The second-order valence-corrected chi connectivity index (χ2v) is 8.51. The molecule has 0 amide bonds. The Morgan fingerprint density at radius 1 is 1.16 bits per heavy atom. The van der Waals surface area contributed by atoms with Crippen LogP contribution in [0.4, 0.5) is 0 Å². The lowest BCUT2D eigenvalue weighted by Crippen LogP contribution is -2.22. The molecule has 0 fully saturated rings. The molecule has 0 aliphatic heterocycles. The van der Waals surface area contributed by atoms with E-state index in [4.69, 9.17) is 0 Å². The number of nitrogens with one attached hydrogen (secondary N) is 2. The normalized spacial score (nSPS) is 11.9. The lowest BCUT2D eigenvalue weighted by molar-refractivity contribution is 0.582. The van der Waals surface area contributed by atoms with Crippen LogP contribution in [0.3, 0.4) is 0 Å². The minimum Gasteiger partial charge on any atom is -0.315 e. The Morgan fingerprint density at radius 3 is 2.47 bits per heavy atom. The van der Waals surface area contributed by atoms with Crippen LogP contribution >= 0.6 is 38.6 Å². The van der Waals surface area contributed by atoms with Crippen molar-refractivity contribution in [2.45, 2.75) is 18.0 Å². The molecule has 2 rings (SSSR count). The van der Waals surface area contributed by atoms with Gasteiger partial charge in [-0.1, -0.05) is 0 Å². The fraction of sp³-hybridized carbons (Fsp3) is 0.273. The summed E-state index contributed by atoms with van der Waals surface area (Å²) in [6.07, 6.45) is 0. The standard InChI is InChI=1S/C11H13BrN2O2S3/c1-13-4-10-3-11(7-18-10)19(15,16)14-5-9-2-8(12)6-17-9/h2-3,6-7,13-14H,4-5H2,1H3. The van der Waals surface area contributed by atoms with Crippen LogP contribution in [0.25, 0.3) is 0 Å². The second-order valence-electron chi connectivity index (χ2n) is 3.83. The Hall–Kier alpha value is -0.250. The van der Waals surface area contributed by atoms with E-state index in [-0.39, 0.29) is 0 Å². The molecule has 0 bridgehead atoms. The fourth-order valence-electron chi connectivity index (χ4n) is 1.46. The van der Waals surface area contributed by atoms with Gasteiger partial charge in [0.15, 0.2) is 0 Å². The minimum atomic E-state index is -3.42. The summed E-state index contributed by atoms with van der Waals surface area (Å²) in [5.41, 5.74) is 0. The highest BCUT2D eigenvalue weighted by atomic mass is 79.9.